The first kappa shape index (κ1) is 21.5. The second-order valence-corrected chi connectivity index (χ2v) is 9.79. The molecule has 0 spiro atoms. The number of nitrogens with zero attached hydrogens (tertiary/aromatic N) is 4. The lowest BCUT2D eigenvalue weighted by molar-refractivity contribution is 0.375. The summed E-state index contributed by atoms with van der Waals surface area (Å²) in [5.74, 6) is -1.42. The maximum absolute atomic E-state index is 14.2. The van der Waals surface area contributed by atoms with Crippen LogP contribution in [0.3, 0.4) is 0 Å². The Morgan fingerprint density at radius 1 is 0.788 bits per heavy atom. The van der Waals surface area contributed by atoms with Gasteiger partial charge in [0, 0.05) is 26.2 Å². The van der Waals surface area contributed by atoms with Crippen LogP contribution in [0.15, 0.2) is 77.7 Å². The van der Waals surface area contributed by atoms with Gasteiger partial charge in [0.25, 0.3) is 0 Å². The van der Waals surface area contributed by atoms with E-state index in [0.717, 1.165) is 45.0 Å². The number of sulfonamides is 1. The van der Waals surface area contributed by atoms with Crippen LogP contribution in [0.5, 0.6) is 0 Å². The van der Waals surface area contributed by atoms with Crippen molar-refractivity contribution in [2.75, 3.05) is 31.1 Å². The number of imidazole rings is 1. The molecule has 1 saturated heterocycles. The predicted molar refractivity (Wildman–Crippen MR) is 123 cm³/mol. The van der Waals surface area contributed by atoms with Crippen molar-refractivity contribution in [2.45, 2.75) is 11.4 Å². The molecule has 6 nitrogen and oxygen atoms in total. The third-order valence-electron chi connectivity index (χ3n) is 5.86. The lowest BCUT2D eigenvalue weighted by Crippen LogP contribution is -2.49. The fourth-order valence-electron chi connectivity index (χ4n) is 4.21. The lowest BCUT2D eigenvalue weighted by atomic mass is 10.2. The van der Waals surface area contributed by atoms with E-state index in [9.17, 15) is 17.2 Å². The molecule has 9 heteroatoms. The first-order valence-corrected chi connectivity index (χ1v) is 12.1. The van der Waals surface area contributed by atoms with Crippen molar-refractivity contribution in [3.8, 4) is 0 Å². The maximum atomic E-state index is 14.2. The van der Waals surface area contributed by atoms with E-state index < -0.39 is 26.6 Å². The van der Waals surface area contributed by atoms with Crippen LogP contribution in [-0.2, 0) is 16.6 Å². The highest BCUT2D eigenvalue weighted by molar-refractivity contribution is 7.89. The number of hydrogen-bond donors (Lipinski definition) is 0. The summed E-state index contributed by atoms with van der Waals surface area (Å²) in [5, 5.41) is 0. The number of hydrogen-bond acceptors (Lipinski definition) is 4. The van der Waals surface area contributed by atoms with Gasteiger partial charge < -0.3 is 9.47 Å². The quantitative estimate of drug-likeness (QED) is 0.446. The molecule has 1 aromatic heterocycles. The smallest absolute Gasteiger partial charge is 0.249 e. The predicted octanol–water partition coefficient (Wildman–Crippen LogP) is 3.87. The molecule has 33 heavy (non-hydrogen) atoms. The van der Waals surface area contributed by atoms with Crippen molar-refractivity contribution in [3.63, 3.8) is 0 Å². The number of aromatic nitrogens is 2. The zero-order valence-electron chi connectivity index (χ0n) is 17.7. The SMILES string of the molecule is O=S(=O)(c1c(F)cccc1F)N1CCN(c2nc3ccccc3n2Cc2ccccc2)CC1. The largest absolute Gasteiger partial charge is 0.340 e. The summed E-state index contributed by atoms with van der Waals surface area (Å²) in [5.41, 5.74) is 2.96. The summed E-state index contributed by atoms with van der Waals surface area (Å²) >= 11 is 0. The monoisotopic (exact) mass is 468 g/mol. The molecular weight excluding hydrogens is 446 g/mol. The molecule has 0 atom stereocenters. The van der Waals surface area contributed by atoms with Gasteiger partial charge in [-0.1, -0.05) is 48.5 Å². The van der Waals surface area contributed by atoms with Gasteiger partial charge in [0.2, 0.25) is 16.0 Å². The fourth-order valence-corrected chi connectivity index (χ4v) is 5.74. The van der Waals surface area contributed by atoms with Crippen LogP contribution in [0.4, 0.5) is 14.7 Å². The van der Waals surface area contributed by atoms with Crippen molar-refractivity contribution >= 4 is 27.0 Å². The molecule has 4 aromatic rings. The number of anilines is 1. The normalized spacial score (nSPS) is 15.3. The Kier molecular flexibility index (Phi) is 5.59. The number of para-hydroxylation sites is 2. The van der Waals surface area contributed by atoms with Gasteiger partial charge in [-0.05, 0) is 29.8 Å². The minimum absolute atomic E-state index is 0.102. The molecule has 0 aliphatic carbocycles. The summed E-state index contributed by atoms with van der Waals surface area (Å²) in [4.78, 5) is 5.93. The van der Waals surface area contributed by atoms with Crippen LogP contribution in [0.2, 0.25) is 0 Å². The standard InChI is InChI=1S/C24H22F2N4O2S/c25-19-9-6-10-20(26)23(19)33(31,32)29-15-13-28(14-16-29)24-27-21-11-4-5-12-22(21)30(24)17-18-7-2-1-3-8-18/h1-12H,13-17H2. The average molecular weight is 469 g/mol. The molecule has 1 aliphatic rings. The van der Waals surface area contributed by atoms with E-state index in [1.165, 1.54) is 0 Å². The van der Waals surface area contributed by atoms with Crippen LogP contribution >= 0.6 is 0 Å². The van der Waals surface area contributed by atoms with E-state index in [0.29, 0.717) is 19.6 Å². The molecule has 0 saturated carbocycles. The molecule has 2 heterocycles. The van der Waals surface area contributed by atoms with Gasteiger partial charge in [-0.15, -0.1) is 0 Å². The third kappa shape index (κ3) is 3.98. The van der Waals surface area contributed by atoms with Crippen LogP contribution in [-0.4, -0.2) is 48.5 Å². The van der Waals surface area contributed by atoms with Gasteiger partial charge in [-0.25, -0.2) is 22.2 Å². The zero-order valence-corrected chi connectivity index (χ0v) is 18.5. The third-order valence-corrected chi connectivity index (χ3v) is 7.81. The Balaban J connectivity index is 1.43. The van der Waals surface area contributed by atoms with Gasteiger partial charge in [0.05, 0.1) is 17.6 Å². The van der Waals surface area contributed by atoms with Crippen molar-refractivity contribution in [2.24, 2.45) is 0 Å². The van der Waals surface area contributed by atoms with Gasteiger partial charge in [0.1, 0.15) is 11.6 Å². The van der Waals surface area contributed by atoms with Crippen LogP contribution in [0, 0.1) is 11.6 Å². The number of halogens is 2. The van der Waals surface area contributed by atoms with Crippen molar-refractivity contribution in [1.29, 1.82) is 0 Å². The van der Waals surface area contributed by atoms with Crippen LogP contribution < -0.4 is 4.90 Å². The summed E-state index contributed by atoms with van der Waals surface area (Å²) < 4.78 is 57.4. The van der Waals surface area contributed by atoms with Gasteiger partial charge >= 0.3 is 0 Å². The van der Waals surface area contributed by atoms with Gasteiger partial charge in [-0.3, -0.25) is 0 Å². The van der Waals surface area contributed by atoms with Crippen molar-refractivity contribution in [3.05, 3.63) is 90.0 Å². The Morgan fingerprint density at radius 3 is 2.12 bits per heavy atom. The second-order valence-electron chi connectivity index (χ2n) is 7.91. The second kappa shape index (κ2) is 8.57. The lowest BCUT2D eigenvalue weighted by Gasteiger charge is -2.34. The molecule has 5 rings (SSSR count). The fraction of sp³-hybridized carbons (Fsp3) is 0.208. The molecule has 170 valence electrons. The number of fused-ring (bicyclic) bond motifs is 1. The Morgan fingerprint density at radius 2 is 1.42 bits per heavy atom. The number of piperazine rings is 1. The Labute approximate surface area is 190 Å². The molecule has 0 unspecified atom stereocenters. The first-order chi connectivity index (χ1) is 15.9. The molecule has 0 radical (unpaired) electrons. The number of benzene rings is 3. The number of rotatable bonds is 5. The zero-order chi connectivity index (χ0) is 23.0. The highest BCUT2D eigenvalue weighted by Gasteiger charge is 2.34. The maximum Gasteiger partial charge on any atom is 0.249 e. The Bertz CT molecular complexity index is 1380. The van der Waals surface area contributed by atoms with E-state index >= 15 is 0 Å². The molecule has 3 aromatic carbocycles. The minimum atomic E-state index is -4.28. The van der Waals surface area contributed by atoms with Crippen LogP contribution in [0.1, 0.15) is 5.56 Å². The van der Waals surface area contributed by atoms with E-state index in [1.54, 1.807) is 0 Å². The summed E-state index contributed by atoms with van der Waals surface area (Å²) in [7, 11) is -4.28. The highest BCUT2D eigenvalue weighted by Crippen LogP contribution is 2.27. The van der Waals surface area contributed by atoms with E-state index in [1.807, 2.05) is 59.5 Å². The highest BCUT2D eigenvalue weighted by atomic mass is 32.2. The van der Waals surface area contributed by atoms with Gasteiger partial charge in [0.15, 0.2) is 4.90 Å². The molecule has 0 amide bonds. The van der Waals surface area contributed by atoms with E-state index in [4.69, 9.17) is 4.98 Å². The van der Waals surface area contributed by atoms with Crippen molar-refractivity contribution < 1.29 is 17.2 Å². The van der Waals surface area contributed by atoms with E-state index in [2.05, 4.69) is 4.57 Å². The first-order valence-electron chi connectivity index (χ1n) is 10.6. The summed E-state index contributed by atoms with van der Waals surface area (Å²) in [6.07, 6.45) is 0. The Hall–Kier alpha value is -3.30. The molecular formula is C24H22F2N4O2S. The van der Waals surface area contributed by atoms with Crippen molar-refractivity contribution in [1.82, 2.24) is 13.9 Å². The molecule has 1 aliphatic heterocycles. The van der Waals surface area contributed by atoms with Crippen LogP contribution in [0.25, 0.3) is 11.0 Å². The van der Waals surface area contributed by atoms with Gasteiger partial charge in [-0.2, -0.15) is 4.31 Å². The summed E-state index contributed by atoms with van der Waals surface area (Å²) in [6, 6.07) is 20.9. The molecule has 0 bridgehead atoms. The molecule has 0 N–H and O–H groups in total. The van der Waals surface area contributed by atoms with E-state index in [-0.39, 0.29) is 13.1 Å². The topological polar surface area (TPSA) is 58.4 Å². The summed E-state index contributed by atoms with van der Waals surface area (Å²) in [6.45, 7) is 1.53. The average Bonchev–Trinajstić information content (AvgIpc) is 3.18. The molecule has 1 fully saturated rings. The minimum Gasteiger partial charge on any atom is -0.340 e.